The van der Waals surface area contributed by atoms with Gasteiger partial charge in [-0.2, -0.15) is 0 Å². The van der Waals surface area contributed by atoms with Gasteiger partial charge < -0.3 is 4.98 Å². The molecule has 1 heterocycles. The van der Waals surface area contributed by atoms with E-state index in [4.69, 9.17) is 12.2 Å². The lowest BCUT2D eigenvalue weighted by Gasteiger charge is -2.07. The van der Waals surface area contributed by atoms with E-state index in [2.05, 4.69) is 36.8 Å². The van der Waals surface area contributed by atoms with Crippen LogP contribution in [0.5, 0.6) is 0 Å². The number of imidazole rings is 1. The zero-order valence-corrected chi connectivity index (χ0v) is 13.7. The first-order valence-electron chi connectivity index (χ1n) is 5.52. The van der Waals surface area contributed by atoms with Crippen LogP contribution in [0.2, 0.25) is 0 Å². The van der Waals surface area contributed by atoms with Gasteiger partial charge >= 0.3 is 0 Å². The largest absolute Gasteiger partial charge is 0.330 e. The third kappa shape index (κ3) is 2.23. The van der Waals surface area contributed by atoms with Crippen LogP contribution in [0.3, 0.4) is 0 Å². The first-order chi connectivity index (χ1) is 9.47. The third-order valence-corrected chi connectivity index (χ3v) is 4.26. The van der Waals surface area contributed by atoms with Crippen molar-refractivity contribution in [2.24, 2.45) is 0 Å². The van der Waals surface area contributed by atoms with E-state index in [1.807, 2.05) is 18.2 Å². The maximum atomic E-state index is 14.0. The zero-order chi connectivity index (χ0) is 14.4. The van der Waals surface area contributed by atoms with Gasteiger partial charge in [0.2, 0.25) is 0 Å². The monoisotopic (exact) mass is 418 g/mol. The van der Waals surface area contributed by atoms with Gasteiger partial charge in [-0.15, -0.1) is 0 Å². The maximum absolute atomic E-state index is 14.0. The van der Waals surface area contributed by atoms with Crippen molar-refractivity contribution in [3.05, 3.63) is 55.7 Å². The molecule has 1 N–H and O–H groups in total. The molecule has 102 valence electrons. The molecule has 3 rings (SSSR count). The number of nitrogens with zero attached hydrogens (tertiary/aromatic N) is 1. The number of hydrogen-bond acceptors (Lipinski definition) is 1. The van der Waals surface area contributed by atoms with Gasteiger partial charge in [0.25, 0.3) is 0 Å². The second-order valence-corrected chi connectivity index (χ2v) is 6.30. The number of H-pyrrole nitrogens is 1. The average molecular weight is 420 g/mol. The number of rotatable bonds is 1. The summed E-state index contributed by atoms with van der Waals surface area (Å²) < 4.78 is 30.3. The van der Waals surface area contributed by atoms with E-state index in [1.165, 1.54) is 10.6 Å². The summed E-state index contributed by atoms with van der Waals surface area (Å²) in [5, 5.41) is 0. The summed E-state index contributed by atoms with van der Waals surface area (Å²) >= 11 is 11.7. The molecule has 0 saturated heterocycles. The molecule has 7 heteroatoms. The lowest BCUT2D eigenvalue weighted by Crippen LogP contribution is -1.99. The Morgan fingerprint density at radius 3 is 2.55 bits per heavy atom. The second kappa shape index (κ2) is 5.05. The highest BCUT2D eigenvalue weighted by Gasteiger charge is 2.14. The molecule has 0 aliphatic heterocycles. The van der Waals surface area contributed by atoms with Crippen molar-refractivity contribution < 1.29 is 8.78 Å². The van der Waals surface area contributed by atoms with E-state index >= 15 is 0 Å². The predicted octanol–water partition coefficient (Wildman–Crippen LogP) is 5.49. The smallest absolute Gasteiger partial charge is 0.182 e. The van der Waals surface area contributed by atoms with E-state index in [9.17, 15) is 8.78 Å². The summed E-state index contributed by atoms with van der Waals surface area (Å²) in [6.45, 7) is 0. The Kier molecular flexibility index (Phi) is 3.51. The van der Waals surface area contributed by atoms with E-state index in [0.717, 1.165) is 21.6 Å². The molecule has 2 aromatic carbocycles. The van der Waals surface area contributed by atoms with Gasteiger partial charge in [-0.05, 0) is 52.4 Å². The zero-order valence-electron chi connectivity index (χ0n) is 9.75. The molecule has 0 aliphatic carbocycles. The second-order valence-electron chi connectivity index (χ2n) is 4.14. The van der Waals surface area contributed by atoms with Crippen molar-refractivity contribution in [1.29, 1.82) is 0 Å². The van der Waals surface area contributed by atoms with Gasteiger partial charge in [-0.3, -0.25) is 4.57 Å². The Labute approximate surface area is 134 Å². The van der Waals surface area contributed by atoms with Gasteiger partial charge in [-0.1, -0.05) is 15.9 Å². The van der Waals surface area contributed by atoms with E-state index in [0.29, 0.717) is 4.77 Å². The fraction of sp³-hybridized carbons (Fsp3) is 0. The number of halogens is 4. The summed E-state index contributed by atoms with van der Waals surface area (Å²) in [7, 11) is 0. The van der Waals surface area contributed by atoms with Crippen LogP contribution in [0.25, 0.3) is 16.7 Å². The first-order valence-corrected chi connectivity index (χ1v) is 7.52. The molecule has 2 nitrogen and oxygen atoms in total. The van der Waals surface area contributed by atoms with Crippen LogP contribution in [-0.2, 0) is 0 Å². The van der Waals surface area contributed by atoms with Crippen molar-refractivity contribution >= 4 is 55.1 Å². The molecule has 3 aromatic rings. The topological polar surface area (TPSA) is 20.7 Å². The van der Waals surface area contributed by atoms with Crippen LogP contribution in [0.1, 0.15) is 0 Å². The van der Waals surface area contributed by atoms with Crippen molar-refractivity contribution in [3.63, 3.8) is 0 Å². The van der Waals surface area contributed by atoms with Crippen molar-refractivity contribution in [3.8, 4) is 5.69 Å². The minimum absolute atomic E-state index is 0.183. The molecule has 0 fully saturated rings. The molecule has 0 unspecified atom stereocenters. The van der Waals surface area contributed by atoms with E-state index in [1.54, 1.807) is 0 Å². The Bertz CT molecular complexity index is 886. The van der Waals surface area contributed by atoms with Crippen LogP contribution in [0, 0.1) is 16.4 Å². The summed E-state index contributed by atoms with van der Waals surface area (Å²) in [6, 6.07) is 7.69. The highest BCUT2D eigenvalue weighted by atomic mass is 79.9. The fourth-order valence-electron chi connectivity index (χ4n) is 2.01. The molecule has 0 radical (unpaired) electrons. The molecule has 0 atom stereocenters. The average Bonchev–Trinajstić information content (AvgIpc) is 2.69. The Morgan fingerprint density at radius 1 is 1.05 bits per heavy atom. The van der Waals surface area contributed by atoms with Gasteiger partial charge in [0.15, 0.2) is 4.77 Å². The minimum atomic E-state index is -0.675. The predicted molar refractivity (Wildman–Crippen MR) is 83.8 cm³/mol. The lowest BCUT2D eigenvalue weighted by atomic mass is 10.2. The van der Waals surface area contributed by atoms with Crippen LogP contribution >= 0.6 is 44.1 Å². The number of aromatic nitrogens is 2. The van der Waals surface area contributed by atoms with E-state index in [-0.39, 0.29) is 10.2 Å². The van der Waals surface area contributed by atoms with Gasteiger partial charge in [0.1, 0.15) is 11.6 Å². The summed E-state index contributed by atoms with van der Waals surface area (Å²) in [5.41, 5.74) is 1.68. The molecule has 0 aliphatic rings. The number of fused-ring (bicyclic) bond motifs is 1. The fourth-order valence-corrected chi connectivity index (χ4v) is 3.01. The molecule has 20 heavy (non-hydrogen) atoms. The van der Waals surface area contributed by atoms with Crippen LogP contribution in [0.4, 0.5) is 8.78 Å². The molecule has 1 aromatic heterocycles. The molecule has 0 saturated carbocycles. The molecular weight excluding hydrogens is 414 g/mol. The quantitative estimate of drug-likeness (QED) is 0.408. The number of benzene rings is 2. The van der Waals surface area contributed by atoms with Crippen molar-refractivity contribution in [2.45, 2.75) is 0 Å². The lowest BCUT2D eigenvalue weighted by molar-refractivity contribution is 0.574. The molecule has 0 spiro atoms. The van der Waals surface area contributed by atoms with Crippen molar-refractivity contribution in [1.82, 2.24) is 9.55 Å². The maximum Gasteiger partial charge on any atom is 0.182 e. The highest BCUT2D eigenvalue weighted by Crippen LogP contribution is 2.27. The number of nitrogens with one attached hydrogen (secondary N) is 1. The molecule has 0 bridgehead atoms. The Hall–Kier alpha value is -1.05. The molecular formula is C13H6Br2F2N2S. The van der Waals surface area contributed by atoms with Gasteiger partial charge in [0.05, 0.1) is 21.2 Å². The van der Waals surface area contributed by atoms with Gasteiger partial charge in [-0.25, -0.2) is 8.78 Å². The SMILES string of the molecule is Fc1cc(F)c(-n2c(=S)[nH]c3cc(Br)ccc32)cc1Br. The summed E-state index contributed by atoms with van der Waals surface area (Å²) in [6.07, 6.45) is 0. The van der Waals surface area contributed by atoms with Crippen LogP contribution in [0.15, 0.2) is 39.3 Å². The standard InChI is InChI=1S/C13H6Br2F2N2S/c14-6-1-2-11-10(3-6)18-13(20)19(11)12-4-7(15)8(16)5-9(12)17/h1-5H,(H,18,20). The number of hydrogen-bond donors (Lipinski definition) is 1. The van der Waals surface area contributed by atoms with Gasteiger partial charge in [0, 0.05) is 10.5 Å². The highest BCUT2D eigenvalue weighted by molar-refractivity contribution is 9.10. The summed E-state index contributed by atoms with van der Waals surface area (Å²) in [4.78, 5) is 3.00. The van der Waals surface area contributed by atoms with Crippen LogP contribution < -0.4 is 0 Å². The van der Waals surface area contributed by atoms with E-state index < -0.39 is 11.6 Å². The Balaban J connectivity index is 2.38. The molecule has 0 amide bonds. The third-order valence-electron chi connectivity index (χ3n) is 2.87. The van der Waals surface area contributed by atoms with Crippen LogP contribution in [-0.4, -0.2) is 9.55 Å². The minimum Gasteiger partial charge on any atom is -0.330 e. The number of aromatic amines is 1. The Morgan fingerprint density at radius 2 is 1.80 bits per heavy atom. The summed E-state index contributed by atoms with van der Waals surface area (Å²) in [5.74, 6) is -1.33. The van der Waals surface area contributed by atoms with Crippen molar-refractivity contribution in [2.75, 3.05) is 0 Å². The normalized spacial score (nSPS) is 11.2. The first kappa shape index (κ1) is 13.9.